The Balaban J connectivity index is 3.92. The highest BCUT2D eigenvalue weighted by atomic mass is 16.3. The van der Waals surface area contributed by atoms with Gasteiger partial charge < -0.3 is 20.4 Å². The van der Waals surface area contributed by atoms with Crippen LogP contribution in [0.3, 0.4) is 0 Å². The summed E-state index contributed by atoms with van der Waals surface area (Å²) in [7, 11) is 0. The minimum Gasteiger partial charge on any atom is -0.516 e. The average molecular weight is 176 g/mol. The molecule has 0 amide bonds. The lowest BCUT2D eigenvalue weighted by molar-refractivity contribution is 0.000127. The van der Waals surface area contributed by atoms with Crippen molar-refractivity contribution in [2.75, 3.05) is 19.8 Å². The molecule has 0 spiro atoms. The molecule has 0 saturated heterocycles. The van der Waals surface area contributed by atoms with E-state index in [-0.39, 0.29) is 19.8 Å². The van der Waals surface area contributed by atoms with Gasteiger partial charge in [0.25, 0.3) is 0 Å². The molecule has 0 atom stereocenters. The van der Waals surface area contributed by atoms with E-state index in [0.29, 0.717) is 12.8 Å². The standard InChI is InChI=1S/C8H16O4/c9-4-2-1-3-8(5-10,6-11)7-12/h2,4,9-12H,1,3,5-7H2. The lowest BCUT2D eigenvalue weighted by Crippen LogP contribution is -2.33. The monoisotopic (exact) mass is 176 g/mol. The Kier molecular flexibility index (Phi) is 5.70. The molecule has 4 N–H and O–H groups in total. The summed E-state index contributed by atoms with van der Waals surface area (Å²) in [6.07, 6.45) is 3.40. The topological polar surface area (TPSA) is 80.9 Å². The second-order valence-electron chi connectivity index (χ2n) is 2.90. The number of allylic oxidation sites excluding steroid dienone is 1. The Bertz CT molecular complexity index is 121. The summed E-state index contributed by atoms with van der Waals surface area (Å²) in [6.45, 7) is -0.752. The van der Waals surface area contributed by atoms with Crippen LogP contribution < -0.4 is 0 Å². The van der Waals surface area contributed by atoms with Crippen molar-refractivity contribution < 1.29 is 20.4 Å². The van der Waals surface area contributed by atoms with Crippen molar-refractivity contribution in [3.63, 3.8) is 0 Å². The molecule has 0 aromatic heterocycles. The van der Waals surface area contributed by atoms with Gasteiger partial charge in [0.1, 0.15) is 0 Å². The summed E-state index contributed by atoms with van der Waals surface area (Å²) >= 11 is 0. The van der Waals surface area contributed by atoms with Crippen LogP contribution in [0, 0.1) is 5.41 Å². The zero-order chi connectivity index (χ0) is 9.45. The zero-order valence-electron chi connectivity index (χ0n) is 6.98. The van der Waals surface area contributed by atoms with Crippen LogP contribution in [0.15, 0.2) is 12.3 Å². The predicted molar refractivity (Wildman–Crippen MR) is 44.7 cm³/mol. The maximum absolute atomic E-state index is 8.87. The van der Waals surface area contributed by atoms with Gasteiger partial charge in [-0.05, 0) is 12.8 Å². The normalized spacial score (nSPS) is 12.6. The highest BCUT2D eigenvalue weighted by Gasteiger charge is 2.26. The molecule has 0 unspecified atom stereocenters. The van der Waals surface area contributed by atoms with Crippen molar-refractivity contribution in [3.05, 3.63) is 12.3 Å². The summed E-state index contributed by atoms with van der Waals surface area (Å²) < 4.78 is 0. The third-order valence-corrected chi connectivity index (χ3v) is 1.95. The van der Waals surface area contributed by atoms with E-state index >= 15 is 0 Å². The minimum atomic E-state index is -0.820. The van der Waals surface area contributed by atoms with Crippen molar-refractivity contribution in [1.82, 2.24) is 0 Å². The summed E-state index contributed by atoms with van der Waals surface area (Å²) in [5, 5.41) is 34.9. The van der Waals surface area contributed by atoms with E-state index in [2.05, 4.69) is 0 Å². The number of hydrogen-bond donors (Lipinski definition) is 4. The van der Waals surface area contributed by atoms with Crippen molar-refractivity contribution in [1.29, 1.82) is 0 Å². The highest BCUT2D eigenvalue weighted by molar-refractivity contribution is 4.82. The maximum Gasteiger partial charge on any atom is 0.0751 e. The smallest absolute Gasteiger partial charge is 0.0751 e. The first-order chi connectivity index (χ1) is 5.74. The molecular weight excluding hydrogens is 160 g/mol. The molecular formula is C8H16O4. The van der Waals surface area contributed by atoms with Gasteiger partial charge in [-0.15, -0.1) is 0 Å². The van der Waals surface area contributed by atoms with Gasteiger partial charge in [0.15, 0.2) is 0 Å². The van der Waals surface area contributed by atoms with E-state index in [9.17, 15) is 0 Å². The average Bonchev–Trinajstić information content (AvgIpc) is 2.14. The third kappa shape index (κ3) is 3.21. The van der Waals surface area contributed by atoms with Crippen molar-refractivity contribution in [3.8, 4) is 0 Å². The first-order valence-electron chi connectivity index (χ1n) is 3.86. The molecule has 4 nitrogen and oxygen atoms in total. The van der Waals surface area contributed by atoms with Crippen LogP contribution in [-0.4, -0.2) is 40.2 Å². The molecule has 0 aliphatic heterocycles. The summed E-state index contributed by atoms with van der Waals surface area (Å²) in [4.78, 5) is 0. The molecule has 0 fully saturated rings. The van der Waals surface area contributed by atoms with Crippen LogP contribution >= 0.6 is 0 Å². The van der Waals surface area contributed by atoms with Crippen LogP contribution in [0.2, 0.25) is 0 Å². The van der Waals surface area contributed by atoms with Gasteiger partial charge in [-0.25, -0.2) is 0 Å². The van der Waals surface area contributed by atoms with Crippen LogP contribution in [0.4, 0.5) is 0 Å². The van der Waals surface area contributed by atoms with Crippen molar-refractivity contribution in [2.45, 2.75) is 12.8 Å². The molecule has 4 heteroatoms. The van der Waals surface area contributed by atoms with Crippen LogP contribution in [0.25, 0.3) is 0 Å². The van der Waals surface area contributed by atoms with E-state index in [1.165, 1.54) is 6.08 Å². The lowest BCUT2D eigenvalue weighted by Gasteiger charge is -2.26. The fraction of sp³-hybridized carbons (Fsp3) is 0.750. The lowest BCUT2D eigenvalue weighted by atomic mass is 9.86. The van der Waals surface area contributed by atoms with Crippen molar-refractivity contribution in [2.24, 2.45) is 5.41 Å². The second-order valence-corrected chi connectivity index (χ2v) is 2.90. The van der Waals surface area contributed by atoms with Gasteiger partial charge in [-0.1, -0.05) is 6.08 Å². The largest absolute Gasteiger partial charge is 0.516 e. The highest BCUT2D eigenvalue weighted by Crippen LogP contribution is 2.21. The fourth-order valence-corrected chi connectivity index (χ4v) is 0.851. The molecule has 0 aromatic rings. The van der Waals surface area contributed by atoms with E-state index < -0.39 is 5.41 Å². The third-order valence-electron chi connectivity index (χ3n) is 1.95. The van der Waals surface area contributed by atoms with Gasteiger partial charge in [0.2, 0.25) is 0 Å². The Morgan fingerprint density at radius 1 is 1.00 bits per heavy atom. The van der Waals surface area contributed by atoms with Gasteiger partial charge >= 0.3 is 0 Å². The first kappa shape index (κ1) is 11.4. The first-order valence-corrected chi connectivity index (χ1v) is 3.86. The van der Waals surface area contributed by atoms with Crippen molar-refractivity contribution >= 4 is 0 Å². The van der Waals surface area contributed by atoms with E-state index in [1.54, 1.807) is 0 Å². The van der Waals surface area contributed by atoms with E-state index in [1.807, 2.05) is 0 Å². The molecule has 0 aliphatic rings. The number of aliphatic hydroxyl groups excluding tert-OH is 4. The molecule has 0 aromatic carbocycles. The summed E-state index contributed by atoms with van der Waals surface area (Å²) in [5.74, 6) is 0. The summed E-state index contributed by atoms with van der Waals surface area (Å²) in [6, 6.07) is 0. The van der Waals surface area contributed by atoms with Gasteiger partial charge in [0, 0.05) is 5.41 Å². The molecule has 72 valence electrons. The van der Waals surface area contributed by atoms with Crippen LogP contribution in [0.1, 0.15) is 12.8 Å². The second kappa shape index (κ2) is 5.99. The molecule has 0 saturated carbocycles. The predicted octanol–water partition coefficient (Wildman–Crippen LogP) is -0.198. The molecule has 12 heavy (non-hydrogen) atoms. The van der Waals surface area contributed by atoms with E-state index in [4.69, 9.17) is 20.4 Å². The molecule has 0 radical (unpaired) electrons. The van der Waals surface area contributed by atoms with Gasteiger partial charge in [-0.3, -0.25) is 0 Å². The summed E-state index contributed by atoms with van der Waals surface area (Å²) in [5.41, 5.74) is -0.820. The minimum absolute atomic E-state index is 0.251. The molecule has 0 rings (SSSR count). The van der Waals surface area contributed by atoms with Crippen LogP contribution in [-0.2, 0) is 0 Å². The van der Waals surface area contributed by atoms with Gasteiger partial charge in [0.05, 0.1) is 26.1 Å². The molecule has 0 bridgehead atoms. The maximum atomic E-state index is 8.87. The SMILES string of the molecule is OC=CCCC(CO)(CO)CO. The Morgan fingerprint density at radius 3 is 1.83 bits per heavy atom. The molecule has 0 heterocycles. The number of rotatable bonds is 6. The quantitative estimate of drug-likeness (QED) is 0.422. The van der Waals surface area contributed by atoms with Gasteiger partial charge in [-0.2, -0.15) is 0 Å². The van der Waals surface area contributed by atoms with Crippen LogP contribution in [0.5, 0.6) is 0 Å². The Morgan fingerprint density at radius 2 is 1.50 bits per heavy atom. The Labute approximate surface area is 71.8 Å². The van der Waals surface area contributed by atoms with E-state index in [0.717, 1.165) is 6.26 Å². The Hall–Kier alpha value is -0.580. The zero-order valence-corrected chi connectivity index (χ0v) is 6.98. The molecule has 0 aliphatic carbocycles. The number of hydrogen-bond acceptors (Lipinski definition) is 4. The number of aliphatic hydroxyl groups is 4. The fourth-order valence-electron chi connectivity index (χ4n) is 0.851.